The van der Waals surface area contributed by atoms with Crippen LogP contribution in [0.25, 0.3) is 0 Å². The first-order valence-electron chi connectivity index (χ1n) is 3.06. The summed E-state index contributed by atoms with van der Waals surface area (Å²) in [5, 5.41) is 16.8. The third-order valence-electron chi connectivity index (χ3n) is 0.982. The summed E-state index contributed by atoms with van der Waals surface area (Å²) < 4.78 is 4.28. The second kappa shape index (κ2) is 10.7. The summed E-state index contributed by atoms with van der Waals surface area (Å²) in [4.78, 5) is 20.6. The molecule has 0 aliphatic rings. The zero-order valence-electron chi connectivity index (χ0n) is 10.3. The summed E-state index contributed by atoms with van der Waals surface area (Å²) in [7, 11) is 0. The van der Waals surface area contributed by atoms with E-state index < -0.39 is 24.1 Å². The smallest absolute Gasteiger partial charge is 1.00 e. The molecule has 0 bridgehead atoms. The van der Waals surface area contributed by atoms with Gasteiger partial charge in [-0.1, -0.05) is 0 Å². The van der Waals surface area contributed by atoms with Gasteiger partial charge in [-0.3, -0.25) is 0 Å². The van der Waals surface area contributed by atoms with Crippen LogP contribution in [0, 0.1) is 0 Å². The predicted molar refractivity (Wildman–Crippen MR) is 37.1 cm³/mol. The molecule has 0 saturated carbocycles. The number of carbonyl (C=O) groups is 2. The van der Waals surface area contributed by atoms with Gasteiger partial charge in [0, 0.05) is 0 Å². The minimum Gasteiger partial charge on any atom is -1.00 e. The zero-order valence-corrected chi connectivity index (χ0v) is 14.5. The molecule has 0 fully saturated rings. The van der Waals surface area contributed by atoms with Crippen LogP contribution >= 0.6 is 0 Å². The molecule has 0 aliphatic carbocycles. The maximum atomic E-state index is 10.5. The van der Waals surface area contributed by atoms with E-state index in [1.54, 1.807) is 0 Å². The van der Waals surface area contributed by atoms with Gasteiger partial charge < -0.3 is 17.8 Å². The fraction of sp³-hybridized carbons (Fsp3) is 0.667. The van der Waals surface area contributed by atoms with Crippen LogP contribution in [0.4, 0.5) is 0 Å². The molecule has 0 aliphatic heterocycles. The molecule has 0 saturated heterocycles. The first-order valence-corrected chi connectivity index (χ1v) is 3.06. The molecule has 0 heterocycles. The number of carboxylic acid groups (broad SMARTS) is 1. The van der Waals surface area contributed by atoms with Gasteiger partial charge in [0.05, 0.1) is 0 Å². The molecule has 0 aromatic rings. The van der Waals surface area contributed by atoms with Crippen molar-refractivity contribution in [3.05, 3.63) is 0 Å². The Hall–Kier alpha value is 2.17. The molecule has 0 aromatic carbocycles. The molecule has 2 atom stereocenters. The van der Waals surface area contributed by atoms with Gasteiger partial charge in [-0.25, -0.2) is 9.59 Å². The van der Waals surface area contributed by atoms with E-state index in [4.69, 9.17) is 10.2 Å². The number of aliphatic hydroxyl groups excluding tert-OH is 1. The number of hydrogen-bond donors (Lipinski definition) is 2. The van der Waals surface area contributed by atoms with Crippen molar-refractivity contribution in [2.24, 2.45) is 0 Å². The van der Waals surface area contributed by atoms with Gasteiger partial charge >= 0.3 is 115 Å². The maximum Gasteiger partial charge on any atom is 1.00 e. The Balaban J connectivity index is -0.0000000833. The second-order valence-corrected chi connectivity index (χ2v) is 2.09. The van der Waals surface area contributed by atoms with Crippen molar-refractivity contribution in [2.45, 2.75) is 26.1 Å². The van der Waals surface area contributed by atoms with Crippen LogP contribution in [-0.4, -0.2) is 34.4 Å². The van der Waals surface area contributed by atoms with Gasteiger partial charge in [-0.2, -0.15) is 0 Å². The molecule has 68 valence electrons. The van der Waals surface area contributed by atoms with Crippen LogP contribution in [-0.2, 0) is 14.3 Å². The Morgan fingerprint density at radius 1 is 1.31 bits per heavy atom. The van der Waals surface area contributed by atoms with Crippen LogP contribution in [0.1, 0.15) is 16.7 Å². The molecule has 7 heteroatoms. The van der Waals surface area contributed by atoms with E-state index >= 15 is 0 Å². The number of carboxylic acids is 1. The summed E-state index contributed by atoms with van der Waals surface area (Å²) >= 11 is 0. The standard InChI is InChI=1S/C6H10O5.2K.2H/c1-3(7)6(10)11-4(2)5(8)9;;;;/h3-4,7H,1-2H3,(H,8,9);;;;/q;2*+1;2*-1. The molecular weight excluding hydrogens is 230 g/mol. The van der Waals surface area contributed by atoms with Crippen molar-refractivity contribution >= 4 is 11.9 Å². The Morgan fingerprint density at radius 2 is 1.69 bits per heavy atom. The molecule has 5 nitrogen and oxygen atoms in total. The van der Waals surface area contributed by atoms with Gasteiger partial charge in [-0.15, -0.1) is 0 Å². The summed E-state index contributed by atoms with van der Waals surface area (Å²) in [5.74, 6) is -2.17. The average Bonchev–Trinajstić information content (AvgIpc) is 1.87. The van der Waals surface area contributed by atoms with E-state index in [-0.39, 0.29) is 106 Å². The number of hydrogen-bond acceptors (Lipinski definition) is 4. The first kappa shape index (κ1) is 20.6. The fourth-order valence-electron chi connectivity index (χ4n) is 0.323. The Bertz CT molecular complexity index is 179. The van der Waals surface area contributed by atoms with Crippen LogP contribution in [0.2, 0.25) is 0 Å². The Morgan fingerprint density at radius 3 is 1.92 bits per heavy atom. The van der Waals surface area contributed by atoms with Crippen molar-refractivity contribution in [3.63, 3.8) is 0 Å². The number of ether oxygens (including phenoxy) is 1. The number of esters is 1. The fourth-order valence-corrected chi connectivity index (χ4v) is 0.323. The monoisotopic (exact) mass is 242 g/mol. The van der Waals surface area contributed by atoms with Gasteiger partial charge in [0.2, 0.25) is 0 Å². The van der Waals surface area contributed by atoms with Crippen LogP contribution in [0.15, 0.2) is 0 Å². The predicted octanol–water partition coefficient (Wildman–Crippen LogP) is -6.38. The molecule has 13 heavy (non-hydrogen) atoms. The molecule has 2 unspecified atom stereocenters. The summed E-state index contributed by atoms with van der Waals surface area (Å²) in [6.07, 6.45) is -2.49. The van der Waals surface area contributed by atoms with Crippen molar-refractivity contribution in [1.82, 2.24) is 0 Å². The quantitative estimate of drug-likeness (QED) is 0.380. The van der Waals surface area contributed by atoms with E-state index in [1.807, 2.05) is 0 Å². The van der Waals surface area contributed by atoms with Gasteiger partial charge in [0.1, 0.15) is 6.10 Å². The minimum atomic E-state index is -1.28. The number of carbonyl (C=O) groups excluding carboxylic acids is 1. The first-order chi connectivity index (χ1) is 4.95. The van der Waals surface area contributed by atoms with Crippen LogP contribution in [0.3, 0.4) is 0 Å². The topological polar surface area (TPSA) is 83.8 Å². The average molecular weight is 242 g/mol. The van der Waals surface area contributed by atoms with E-state index in [0.717, 1.165) is 0 Å². The molecule has 0 amide bonds. The van der Waals surface area contributed by atoms with Crippen molar-refractivity contribution in [2.75, 3.05) is 0 Å². The minimum absolute atomic E-state index is 0. The molecule has 0 spiro atoms. The largest absolute Gasteiger partial charge is 1.00 e. The van der Waals surface area contributed by atoms with Gasteiger partial charge in [0.25, 0.3) is 0 Å². The van der Waals surface area contributed by atoms with Gasteiger partial charge in [0.15, 0.2) is 6.10 Å². The van der Waals surface area contributed by atoms with Crippen LogP contribution < -0.4 is 103 Å². The number of aliphatic carboxylic acids is 1. The third-order valence-corrected chi connectivity index (χ3v) is 0.982. The number of aliphatic hydroxyl groups is 1. The van der Waals surface area contributed by atoms with Crippen LogP contribution in [0.5, 0.6) is 0 Å². The van der Waals surface area contributed by atoms with E-state index in [0.29, 0.717) is 0 Å². The van der Waals surface area contributed by atoms with Crippen molar-refractivity contribution in [3.8, 4) is 0 Å². The Labute approximate surface area is 164 Å². The summed E-state index contributed by atoms with van der Waals surface area (Å²) in [6.45, 7) is 2.42. The molecule has 0 aromatic heterocycles. The molecule has 0 radical (unpaired) electrons. The van der Waals surface area contributed by atoms with E-state index in [1.165, 1.54) is 13.8 Å². The molecule has 0 rings (SSSR count). The van der Waals surface area contributed by atoms with Crippen molar-refractivity contribution in [1.29, 1.82) is 0 Å². The number of rotatable bonds is 3. The maximum absolute atomic E-state index is 10.5. The van der Waals surface area contributed by atoms with Gasteiger partial charge in [-0.05, 0) is 13.8 Å². The Kier molecular flexibility index (Phi) is 16.9. The zero-order chi connectivity index (χ0) is 9.02. The molecule has 2 N–H and O–H groups in total. The summed E-state index contributed by atoms with van der Waals surface area (Å²) in [5.41, 5.74) is 0. The SMILES string of the molecule is CC(O)C(=O)OC(C)C(=O)O.[H-].[H-].[K+].[K+]. The third kappa shape index (κ3) is 10.5. The van der Waals surface area contributed by atoms with E-state index in [2.05, 4.69) is 4.74 Å². The molecular formula is C6H12K2O5. The van der Waals surface area contributed by atoms with E-state index in [9.17, 15) is 9.59 Å². The normalized spacial score (nSPS) is 12.8. The summed E-state index contributed by atoms with van der Waals surface area (Å²) in [6, 6.07) is 0. The second-order valence-electron chi connectivity index (χ2n) is 2.09. The van der Waals surface area contributed by atoms with Crippen molar-refractivity contribution < 1.29 is 130 Å².